The van der Waals surface area contributed by atoms with Gasteiger partial charge in [-0.3, -0.25) is 9.69 Å². The topological polar surface area (TPSA) is 81.6 Å². The minimum absolute atomic E-state index is 0.00944. The molecular formula is C14H17N3O4. The van der Waals surface area contributed by atoms with E-state index in [9.17, 15) is 4.79 Å². The first-order valence-corrected chi connectivity index (χ1v) is 6.93. The van der Waals surface area contributed by atoms with Crippen molar-refractivity contribution in [1.82, 2.24) is 15.0 Å². The van der Waals surface area contributed by atoms with Crippen molar-refractivity contribution in [3.63, 3.8) is 0 Å². The van der Waals surface area contributed by atoms with E-state index >= 15 is 0 Å². The molecule has 0 bridgehead atoms. The highest BCUT2D eigenvalue weighted by atomic mass is 16.5. The van der Waals surface area contributed by atoms with Crippen LogP contribution in [0.1, 0.15) is 18.7 Å². The molecule has 3 rings (SSSR count). The van der Waals surface area contributed by atoms with Crippen LogP contribution in [0.25, 0.3) is 11.7 Å². The van der Waals surface area contributed by atoms with Gasteiger partial charge in [0.15, 0.2) is 11.6 Å². The molecule has 0 aliphatic carbocycles. The fourth-order valence-electron chi connectivity index (χ4n) is 2.51. The van der Waals surface area contributed by atoms with E-state index in [4.69, 9.17) is 13.7 Å². The number of piperidine rings is 1. The number of methoxy groups -OCH3 is 1. The van der Waals surface area contributed by atoms with Crippen LogP contribution in [0.3, 0.4) is 0 Å². The van der Waals surface area contributed by atoms with Crippen LogP contribution in [0.5, 0.6) is 0 Å². The molecule has 21 heavy (non-hydrogen) atoms. The summed E-state index contributed by atoms with van der Waals surface area (Å²) in [7, 11) is 1.43. The molecule has 112 valence electrons. The average molecular weight is 291 g/mol. The van der Waals surface area contributed by atoms with Gasteiger partial charge < -0.3 is 13.7 Å². The zero-order valence-electron chi connectivity index (χ0n) is 11.8. The number of carbonyl (C=O) groups excluding carboxylic acids is 1. The Balaban J connectivity index is 1.55. The Hall–Kier alpha value is -2.15. The number of hydrogen-bond donors (Lipinski definition) is 0. The van der Waals surface area contributed by atoms with E-state index in [0.29, 0.717) is 24.0 Å². The van der Waals surface area contributed by atoms with Crippen LogP contribution >= 0.6 is 0 Å². The summed E-state index contributed by atoms with van der Waals surface area (Å²) in [6, 6.07) is 3.55. The molecular weight excluding hydrogens is 274 g/mol. The van der Waals surface area contributed by atoms with Gasteiger partial charge in [0.25, 0.3) is 5.89 Å². The van der Waals surface area contributed by atoms with E-state index in [1.54, 1.807) is 18.4 Å². The first kappa shape index (κ1) is 13.8. The Morgan fingerprint density at radius 1 is 1.48 bits per heavy atom. The van der Waals surface area contributed by atoms with Crippen molar-refractivity contribution in [2.24, 2.45) is 5.92 Å². The van der Waals surface area contributed by atoms with Gasteiger partial charge in [0.05, 0.1) is 25.8 Å². The lowest BCUT2D eigenvalue weighted by Gasteiger charge is -2.29. The van der Waals surface area contributed by atoms with Crippen molar-refractivity contribution >= 4 is 5.97 Å². The SMILES string of the molecule is COC(=O)C1CCN(Cc2noc(-c3ccco3)n2)CC1. The number of esters is 1. The van der Waals surface area contributed by atoms with Gasteiger partial charge in [0.2, 0.25) is 0 Å². The summed E-state index contributed by atoms with van der Waals surface area (Å²) in [4.78, 5) is 18.0. The van der Waals surface area contributed by atoms with Gasteiger partial charge in [-0.25, -0.2) is 0 Å². The molecule has 1 fully saturated rings. The normalized spacial score (nSPS) is 17.0. The molecule has 0 amide bonds. The van der Waals surface area contributed by atoms with Crippen molar-refractivity contribution in [2.45, 2.75) is 19.4 Å². The molecule has 7 nitrogen and oxygen atoms in total. The molecule has 2 aromatic heterocycles. The summed E-state index contributed by atoms with van der Waals surface area (Å²) >= 11 is 0. The fourth-order valence-corrected chi connectivity index (χ4v) is 2.51. The predicted molar refractivity (Wildman–Crippen MR) is 72.0 cm³/mol. The standard InChI is InChI=1S/C14H17N3O4/c1-19-14(18)10-4-6-17(7-5-10)9-12-15-13(21-16-12)11-3-2-8-20-11/h2-3,8,10H,4-7,9H2,1H3. The molecule has 0 radical (unpaired) electrons. The number of likely N-dealkylation sites (tertiary alicyclic amines) is 1. The lowest BCUT2D eigenvalue weighted by Crippen LogP contribution is -2.36. The highest BCUT2D eigenvalue weighted by molar-refractivity contribution is 5.72. The van der Waals surface area contributed by atoms with Gasteiger partial charge in [-0.2, -0.15) is 4.98 Å². The lowest BCUT2D eigenvalue weighted by molar-refractivity contribution is -0.147. The minimum Gasteiger partial charge on any atom is -0.469 e. The first-order chi connectivity index (χ1) is 10.3. The molecule has 0 saturated carbocycles. The summed E-state index contributed by atoms with van der Waals surface area (Å²) in [5.41, 5.74) is 0. The summed E-state index contributed by atoms with van der Waals surface area (Å²) in [6.45, 7) is 2.26. The second-order valence-corrected chi connectivity index (χ2v) is 5.07. The molecule has 0 unspecified atom stereocenters. The predicted octanol–water partition coefficient (Wildman–Crippen LogP) is 1.71. The van der Waals surface area contributed by atoms with Crippen molar-refractivity contribution < 1.29 is 18.5 Å². The zero-order valence-corrected chi connectivity index (χ0v) is 11.8. The third-order valence-corrected chi connectivity index (χ3v) is 3.69. The van der Waals surface area contributed by atoms with E-state index in [1.807, 2.05) is 0 Å². The maximum Gasteiger partial charge on any atom is 0.308 e. The van der Waals surface area contributed by atoms with Gasteiger partial charge >= 0.3 is 5.97 Å². The number of rotatable bonds is 4. The van der Waals surface area contributed by atoms with Gasteiger partial charge in [-0.1, -0.05) is 5.16 Å². The summed E-state index contributed by atoms with van der Waals surface area (Å²) < 4.78 is 15.2. The minimum atomic E-state index is -0.116. The maximum absolute atomic E-state index is 11.5. The van der Waals surface area contributed by atoms with Gasteiger partial charge in [0.1, 0.15) is 0 Å². The molecule has 0 spiro atoms. The number of furan rings is 1. The van der Waals surface area contributed by atoms with Gasteiger partial charge in [-0.15, -0.1) is 0 Å². The van der Waals surface area contributed by atoms with Crippen LogP contribution in [0.2, 0.25) is 0 Å². The zero-order chi connectivity index (χ0) is 14.7. The number of aromatic nitrogens is 2. The number of hydrogen-bond acceptors (Lipinski definition) is 7. The van der Waals surface area contributed by atoms with E-state index in [1.165, 1.54) is 7.11 Å². The second kappa shape index (κ2) is 6.09. The van der Waals surface area contributed by atoms with E-state index in [0.717, 1.165) is 25.9 Å². The molecule has 1 saturated heterocycles. The number of ether oxygens (including phenoxy) is 1. The third-order valence-electron chi connectivity index (χ3n) is 3.69. The molecule has 0 N–H and O–H groups in total. The van der Waals surface area contributed by atoms with E-state index in [-0.39, 0.29) is 11.9 Å². The summed E-state index contributed by atoms with van der Waals surface area (Å²) in [6.07, 6.45) is 3.17. The maximum atomic E-state index is 11.5. The van der Waals surface area contributed by atoms with Crippen LogP contribution in [-0.2, 0) is 16.1 Å². The van der Waals surface area contributed by atoms with Crippen LogP contribution in [0.15, 0.2) is 27.3 Å². The quantitative estimate of drug-likeness (QED) is 0.793. The van der Waals surface area contributed by atoms with Crippen LogP contribution in [-0.4, -0.2) is 41.2 Å². The Bertz CT molecular complexity index is 585. The molecule has 3 heterocycles. The fraction of sp³-hybridized carbons (Fsp3) is 0.500. The molecule has 2 aromatic rings. The van der Waals surface area contributed by atoms with Gasteiger partial charge in [-0.05, 0) is 38.1 Å². The Kier molecular flexibility index (Phi) is 4.01. The van der Waals surface area contributed by atoms with Crippen molar-refractivity contribution in [3.8, 4) is 11.7 Å². The van der Waals surface area contributed by atoms with Crippen LogP contribution in [0, 0.1) is 5.92 Å². The van der Waals surface area contributed by atoms with E-state index < -0.39 is 0 Å². The van der Waals surface area contributed by atoms with Crippen molar-refractivity contribution in [3.05, 3.63) is 24.2 Å². The van der Waals surface area contributed by atoms with E-state index in [2.05, 4.69) is 15.0 Å². The van der Waals surface area contributed by atoms with Gasteiger partial charge in [0, 0.05) is 0 Å². The van der Waals surface area contributed by atoms with Crippen molar-refractivity contribution in [2.75, 3.05) is 20.2 Å². The highest BCUT2D eigenvalue weighted by Crippen LogP contribution is 2.21. The average Bonchev–Trinajstić information content (AvgIpc) is 3.18. The monoisotopic (exact) mass is 291 g/mol. The summed E-state index contributed by atoms with van der Waals surface area (Å²) in [5.74, 6) is 1.47. The molecule has 1 aliphatic heterocycles. The molecule has 0 aromatic carbocycles. The number of nitrogens with zero attached hydrogens (tertiary/aromatic N) is 3. The smallest absolute Gasteiger partial charge is 0.308 e. The summed E-state index contributed by atoms with van der Waals surface area (Å²) in [5, 5.41) is 3.96. The number of carbonyl (C=O) groups is 1. The lowest BCUT2D eigenvalue weighted by atomic mass is 9.97. The second-order valence-electron chi connectivity index (χ2n) is 5.07. The van der Waals surface area contributed by atoms with Crippen molar-refractivity contribution in [1.29, 1.82) is 0 Å². The van der Waals surface area contributed by atoms with Crippen LogP contribution in [0.4, 0.5) is 0 Å². The molecule has 1 aliphatic rings. The van der Waals surface area contributed by atoms with Crippen LogP contribution < -0.4 is 0 Å². The Morgan fingerprint density at radius 2 is 2.29 bits per heavy atom. The highest BCUT2D eigenvalue weighted by Gasteiger charge is 2.26. The first-order valence-electron chi connectivity index (χ1n) is 6.93. The third kappa shape index (κ3) is 3.13. The largest absolute Gasteiger partial charge is 0.469 e. The molecule has 0 atom stereocenters. The Morgan fingerprint density at radius 3 is 2.95 bits per heavy atom. The molecule has 7 heteroatoms. The Labute approximate surface area is 121 Å².